The topological polar surface area (TPSA) is 59.3 Å². The molecule has 2 aliphatic rings. The minimum Gasteiger partial charge on any atom is -0.467 e. The van der Waals surface area contributed by atoms with E-state index in [1.54, 1.807) is 12.3 Å². The number of carbonyl (C=O) groups is 2. The summed E-state index contributed by atoms with van der Waals surface area (Å²) < 4.78 is 5.19. The normalized spacial score (nSPS) is 31.7. The highest BCUT2D eigenvalue weighted by molar-refractivity contribution is 6.10. The van der Waals surface area contributed by atoms with Crippen molar-refractivity contribution in [2.45, 2.75) is 39.7 Å². The van der Waals surface area contributed by atoms with E-state index in [9.17, 15) is 9.59 Å². The first-order valence-electron chi connectivity index (χ1n) is 6.82. The van der Waals surface area contributed by atoms with Crippen LogP contribution in [0.4, 0.5) is 0 Å². The Labute approximate surface area is 112 Å². The van der Waals surface area contributed by atoms with E-state index < -0.39 is 5.41 Å². The van der Waals surface area contributed by atoms with Gasteiger partial charge >= 0.3 is 0 Å². The van der Waals surface area contributed by atoms with Crippen molar-refractivity contribution in [2.75, 3.05) is 0 Å². The summed E-state index contributed by atoms with van der Waals surface area (Å²) in [6.07, 6.45) is 3.97. The van der Waals surface area contributed by atoms with Crippen LogP contribution in [-0.4, -0.2) is 11.7 Å². The summed E-state index contributed by atoms with van der Waals surface area (Å²) in [6, 6.07) is 3.60. The number of amides is 1. The zero-order chi connectivity index (χ0) is 13.7. The SMILES string of the molecule is CC1(C)C(=O)[C@@]2(C(=O)NCc3ccco3)CC[C@H]1C2. The summed E-state index contributed by atoms with van der Waals surface area (Å²) in [5.41, 5.74) is -1.12. The quantitative estimate of drug-likeness (QED) is 0.849. The third-order valence-electron chi connectivity index (χ3n) is 4.99. The van der Waals surface area contributed by atoms with Gasteiger partial charge in [-0.1, -0.05) is 13.8 Å². The van der Waals surface area contributed by atoms with E-state index in [2.05, 4.69) is 5.32 Å². The molecule has 0 unspecified atom stereocenters. The van der Waals surface area contributed by atoms with Crippen LogP contribution in [0, 0.1) is 16.7 Å². The van der Waals surface area contributed by atoms with Gasteiger partial charge < -0.3 is 9.73 Å². The number of hydrogen-bond donors (Lipinski definition) is 1. The number of fused-ring (bicyclic) bond motifs is 2. The number of hydrogen-bond acceptors (Lipinski definition) is 3. The third kappa shape index (κ3) is 1.66. The minimum atomic E-state index is -0.777. The summed E-state index contributed by atoms with van der Waals surface area (Å²) in [5, 5.41) is 2.86. The summed E-state index contributed by atoms with van der Waals surface area (Å²) in [4.78, 5) is 25.0. The molecule has 2 atom stereocenters. The molecule has 0 saturated heterocycles. The predicted molar refractivity (Wildman–Crippen MR) is 69.1 cm³/mol. The fourth-order valence-electron chi connectivity index (χ4n) is 3.73. The molecule has 0 aliphatic heterocycles. The van der Waals surface area contributed by atoms with Gasteiger partial charge in [-0.15, -0.1) is 0 Å². The largest absolute Gasteiger partial charge is 0.467 e. The summed E-state index contributed by atoms with van der Waals surface area (Å²) >= 11 is 0. The Kier molecular flexibility index (Phi) is 2.59. The molecule has 4 heteroatoms. The molecule has 1 aromatic rings. The lowest BCUT2D eigenvalue weighted by Gasteiger charge is -2.32. The van der Waals surface area contributed by atoms with Gasteiger partial charge in [-0.05, 0) is 37.3 Å². The second-order valence-corrected chi connectivity index (χ2v) is 6.33. The van der Waals surface area contributed by atoms with E-state index >= 15 is 0 Å². The molecule has 0 radical (unpaired) electrons. The van der Waals surface area contributed by atoms with Crippen LogP contribution < -0.4 is 5.32 Å². The van der Waals surface area contributed by atoms with Crippen LogP contribution in [0.15, 0.2) is 22.8 Å². The Balaban J connectivity index is 1.75. The molecule has 1 N–H and O–H groups in total. The van der Waals surface area contributed by atoms with Crippen molar-refractivity contribution in [3.05, 3.63) is 24.2 Å². The van der Waals surface area contributed by atoms with E-state index in [4.69, 9.17) is 4.42 Å². The van der Waals surface area contributed by atoms with Crippen molar-refractivity contribution in [3.63, 3.8) is 0 Å². The van der Waals surface area contributed by atoms with E-state index in [0.717, 1.165) is 6.42 Å². The summed E-state index contributed by atoms with van der Waals surface area (Å²) in [7, 11) is 0. The molecule has 2 aliphatic carbocycles. The maximum Gasteiger partial charge on any atom is 0.234 e. The monoisotopic (exact) mass is 261 g/mol. The molecule has 102 valence electrons. The van der Waals surface area contributed by atoms with Crippen LogP contribution >= 0.6 is 0 Å². The highest BCUT2D eigenvalue weighted by Gasteiger charge is 2.64. The molecule has 2 saturated carbocycles. The van der Waals surface area contributed by atoms with Crippen molar-refractivity contribution in [3.8, 4) is 0 Å². The summed E-state index contributed by atoms with van der Waals surface area (Å²) in [6.45, 7) is 4.30. The van der Waals surface area contributed by atoms with Crippen molar-refractivity contribution in [1.82, 2.24) is 5.32 Å². The fraction of sp³-hybridized carbons (Fsp3) is 0.600. The smallest absolute Gasteiger partial charge is 0.234 e. The van der Waals surface area contributed by atoms with Gasteiger partial charge in [0.15, 0.2) is 5.78 Å². The molecule has 19 heavy (non-hydrogen) atoms. The predicted octanol–water partition coefficient (Wildman–Crippen LogP) is 2.29. The van der Waals surface area contributed by atoms with Crippen molar-refractivity contribution >= 4 is 11.7 Å². The maximum atomic E-state index is 12.5. The van der Waals surface area contributed by atoms with Crippen molar-refractivity contribution < 1.29 is 14.0 Å². The molecular weight excluding hydrogens is 242 g/mol. The van der Waals surface area contributed by atoms with Crippen molar-refractivity contribution in [1.29, 1.82) is 0 Å². The van der Waals surface area contributed by atoms with Crippen LogP contribution in [0.25, 0.3) is 0 Å². The van der Waals surface area contributed by atoms with Gasteiger partial charge in [0, 0.05) is 5.41 Å². The number of furan rings is 1. The highest BCUT2D eigenvalue weighted by atomic mass is 16.3. The second kappa shape index (κ2) is 3.95. The van der Waals surface area contributed by atoms with Crippen molar-refractivity contribution in [2.24, 2.45) is 16.7 Å². The second-order valence-electron chi connectivity index (χ2n) is 6.33. The zero-order valence-corrected chi connectivity index (χ0v) is 11.4. The van der Waals surface area contributed by atoms with Gasteiger partial charge in [0.25, 0.3) is 0 Å². The number of rotatable bonds is 3. The number of ketones is 1. The molecule has 2 bridgehead atoms. The molecule has 1 amide bonds. The zero-order valence-electron chi connectivity index (χ0n) is 11.4. The molecule has 1 heterocycles. The lowest BCUT2D eigenvalue weighted by atomic mass is 9.70. The van der Waals surface area contributed by atoms with E-state index in [1.165, 1.54) is 0 Å². The van der Waals surface area contributed by atoms with E-state index in [1.807, 2.05) is 19.9 Å². The molecule has 2 fully saturated rings. The van der Waals surface area contributed by atoms with Crippen LogP contribution in [0.2, 0.25) is 0 Å². The van der Waals surface area contributed by atoms with Crippen LogP contribution in [-0.2, 0) is 16.1 Å². The Morgan fingerprint density at radius 3 is 2.89 bits per heavy atom. The van der Waals surface area contributed by atoms with Crippen LogP contribution in [0.3, 0.4) is 0 Å². The Morgan fingerprint density at radius 2 is 2.32 bits per heavy atom. The average molecular weight is 261 g/mol. The van der Waals surface area contributed by atoms with Crippen LogP contribution in [0.1, 0.15) is 38.9 Å². The summed E-state index contributed by atoms with van der Waals surface area (Å²) in [5.74, 6) is 1.06. The van der Waals surface area contributed by atoms with Gasteiger partial charge in [0.1, 0.15) is 11.2 Å². The fourth-order valence-corrected chi connectivity index (χ4v) is 3.73. The number of Topliss-reactive ketones (excluding diaryl/α,β-unsaturated/α-hetero) is 1. The number of nitrogens with one attached hydrogen (secondary N) is 1. The van der Waals surface area contributed by atoms with Crippen LogP contribution in [0.5, 0.6) is 0 Å². The molecule has 4 nitrogen and oxygen atoms in total. The first kappa shape index (κ1) is 12.5. The Morgan fingerprint density at radius 1 is 1.53 bits per heavy atom. The lowest BCUT2D eigenvalue weighted by molar-refractivity contribution is -0.145. The lowest BCUT2D eigenvalue weighted by Crippen LogP contribution is -2.47. The molecule has 1 aromatic heterocycles. The van der Waals surface area contributed by atoms with Gasteiger partial charge in [0.05, 0.1) is 12.8 Å². The molecule has 3 rings (SSSR count). The Bertz CT molecular complexity index is 518. The van der Waals surface area contributed by atoms with Gasteiger partial charge in [0.2, 0.25) is 5.91 Å². The molecule has 0 spiro atoms. The van der Waals surface area contributed by atoms with E-state index in [-0.39, 0.29) is 17.1 Å². The van der Waals surface area contributed by atoms with Gasteiger partial charge in [-0.25, -0.2) is 0 Å². The first-order valence-corrected chi connectivity index (χ1v) is 6.82. The average Bonchev–Trinajstić information content (AvgIpc) is 3.07. The van der Waals surface area contributed by atoms with Gasteiger partial charge in [-0.3, -0.25) is 9.59 Å². The number of carbonyl (C=O) groups excluding carboxylic acids is 2. The van der Waals surface area contributed by atoms with Gasteiger partial charge in [-0.2, -0.15) is 0 Å². The van der Waals surface area contributed by atoms with E-state index in [0.29, 0.717) is 31.1 Å². The standard InChI is InChI=1S/C15H19NO3/c1-14(2)10-5-6-15(8-10,12(14)17)13(18)16-9-11-4-3-7-19-11/h3-4,7,10H,5-6,8-9H2,1-2H3,(H,16,18)/t10-,15+/m0/s1. The minimum absolute atomic E-state index is 0.119. The maximum absolute atomic E-state index is 12.5. The third-order valence-corrected chi connectivity index (χ3v) is 4.99. The Hall–Kier alpha value is -1.58. The molecule has 0 aromatic carbocycles. The highest BCUT2D eigenvalue weighted by Crippen LogP contribution is 2.60. The molecular formula is C15H19NO3. The first-order chi connectivity index (χ1) is 8.97.